The van der Waals surface area contributed by atoms with Gasteiger partial charge in [0.25, 0.3) is 0 Å². The zero-order valence-electron chi connectivity index (χ0n) is 13.1. The van der Waals surface area contributed by atoms with Crippen LogP contribution >= 0.6 is 8.07 Å². The number of carbonyl (C=O) groups is 1. The number of carboxylic acid groups (broad SMARTS) is 1. The highest BCUT2D eigenvalue weighted by Gasteiger charge is 2.20. The van der Waals surface area contributed by atoms with E-state index in [4.69, 9.17) is 10.2 Å². The number of rotatable bonds is 14. The van der Waals surface area contributed by atoms with Crippen LogP contribution in [-0.2, 0) is 4.79 Å². The number of hydrogen-bond donors (Lipinski definition) is 3. The largest absolute Gasteiger partial charge is 0.480 e. The monoisotopic (exact) mass is 305 g/mol. The lowest BCUT2D eigenvalue weighted by molar-refractivity contribution is -0.139. The Balaban J connectivity index is 4.11. The van der Waals surface area contributed by atoms with Crippen LogP contribution in [0, 0.1) is 0 Å². The van der Waals surface area contributed by atoms with E-state index in [2.05, 4.69) is 18.9 Å². The molecule has 0 fully saturated rings. The number of aliphatic carboxylic acids is 1. The van der Waals surface area contributed by atoms with Gasteiger partial charge in [-0.25, -0.2) is 0 Å². The first-order chi connectivity index (χ1) is 9.65. The molecule has 0 amide bonds. The maximum absolute atomic E-state index is 11.0. The topological polar surface area (TPSA) is 69.6 Å². The summed E-state index contributed by atoms with van der Waals surface area (Å²) < 4.78 is 0. The summed E-state index contributed by atoms with van der Waals surface area (Å²) >= 11 is 0. The zero-order valence-corrected chi connectivity index (χ0v) is 14.0. The SMILES string of the molecule is CCCCCCP(CCCCCC)NC(CO)C(=O)O. The summed E-state index contributed by atoms with van der Waals surface area (Å²) in [5.74, 6) is -0.942. The van der Waals surface area contributed by atoms with Crippen LogP contribution < -0.4 is 5.09 Å². The van der Waals surface area contributed by atoms with E-state index < -0.39 is 20.1 Å². The van der Waals surface area contributed by atoms with Gasteiger partial charge in [-0.1, -0.05) is 52.4 Å². The molecule has 5 heteroatoms. The Morgan fingerprint density at radius 3 is 1.85 bits per heavy atom. The maximum Gasteiger partial charge on any atom is 0.323 e. The summed E-state index contributed by atoms with van der Waals surface area (Å²) in [6.07, 6.45) is 11.9. The Morgan fingerprint density at radius 2 is 1.50 bits per heavy atom. The van der Waals surface area contributed by atoms with Crippen molar-refractivity contribution in [3.05, 3.63) is 0 Å². The molecule has 4 nitrogen and oxygen atoms in total. The summed E-state index contributed by atoms with van der Waals surface area (Å²) in [7, 11) is -0.462. The highest BCUT2D eigenvalue weighted by molar-refractivity contribution is 7.55. The molecule has 3 N–H and O–H groups in total. The first-order valence-electron chi connectivity index (χ1n) is 8.00. The van der Waals surface area contributed by atoms with Crippen molar-refractivity contribution < 1.29 is 15.0 Å². The average molecular weight is 305 g/mol. The van der Waals surface area contributed by atoms with Crippen LogP contribution in [0.1, 0.15) is 65.2 Å². The van der Waals surface area contributed by atoms with Crippen molar-refractivity contribution in [1.29, 1.82) is 0 Å². The van der Waals surface area contributed by atoms with Gasteiger partial charge in [-0.05, 0) is 33.2 Å². The molecule has 0 aromatic carbocycles. The lowest BCUT2D eigenvalue weighted by atomic mass is 10.2. The Kier molecular flexibility index (Phi) is 13.7. The van der Waals surface area contributed by atoms with Crippen LogP contribution in [0.4, 0.5) is 0 Å². The van der Waals surface area contributed by atoms with Gasteiger partial charge in [0, 0.05) is 0 Å². The van der Waals surface area contributed by atoms with E-state index in [9.17, 15) is 4.79 Å². The third kappa shape index (κ3) is 10.6. The van der Waals surface area contributed by atoms with Gasteiger partial charge in [0.15, 0.2) is 0 Å². The number of nitrogens with one attached hydrogen (secondary N) is 1. The molecule has 1 unspecified atom stereocenters. The minimum Gasteiger partial charge on any atom is -0.480 e. The third-order valence-corrected chi connectivity index (χ3v) is 5.77. The van der Waals surface area contributed by atoms with Crippen LogP contribution in [0.3, 0.4) is 0 Å². The van der Waals surface area contributed by atoms with E-state index in [1.165, 1.54) is 38.5 Å². The molecule has 0 spiro atoms. The van der Waals surface area contributed by atoms with Crippen LogP contribution in [-0.4, -0.2) is 41.2 Å². The lowest BCUT2D eigenvalue weighted by Gasteiger charge is -2.22. The van der Waals surface area contributed by atoms with Gasteiger partial charge in [-0.3, -0.25) is 9.88 Å². The fourth-order valence-electron chi connectivity index (χ4n) is 2.09. The summed E-state index contributed by atoms with van der Waals surface area (Å²) in [6, 6.07) is -0.793. The van der Waals surface area contributed by atoms with E-state index in [1.54, 1.807) is 0 Å². The standard InChI is InChI=1S/C15H32NO3P/c1-3-5-7-9-11-20(12-10-8-6-4-2)16-14(13-17)15(18)19/h14,16-17H,3-13H2,1-2H3,(H,18,19). The Hall–Kier alpha value is -0.180. The predicted molar refractivity (Wildman–Crippen MR) is 86.6 cm³/mol. The minimum atomic E-state index is -0.942. The van der Waals surface area contributed by atoms with Gasteiger partial charge in [-0.15, -0.1) is 0 Å². The van der Waals surface area contributed by atoms with Crippen molar-refractivity contribution >= 4 is 14.0 Å². The number of aliphatic hydroxyl groups is 1. The molecule has 0 aromatic heterocycles. The molecular weight excluding hydrogens is 273 g/mol. The first-order valence-corrected chi connectivity index (χ1v) is 9.71. The van der Waals surface area contributed by atoms with Crippen molar-refractivity contribution in [2.24, 2.45) is 0 Å². The van der Waals surface area contributed by atoms with Gasteiger partial charge in [-0.2, -0.15) is 0 Å². The molecule has 0 saturated carbocycles. The van der Waals surface area contributed by atoms with E-state index in [1.807, 2.05) is 0 Å². The number of carboxylic acids is 1. The smallest absolute Gasteiger partial charge is 0.323 e. The van der Waals surface area contributed by atoms with Crippen molar-refractivity contribution in [3.8, 4) is 0 Å². The summed E-state index contributed by atoms with van der Waals surface area (Å²) in [5.41, 5.74) is 0. The van der Waals surface area contributed by atoms with Gasteiger partial charge < -0.3 is 10.2 Å². The molecule has 0 bridgehead atoms. The van der Waals surface area contributed by atoms with Gasteiger partial charge >= 0.3 is 5.97 Å². The van der Waals surface area contributed by atoms with E-state index in [-0.39, 0.29) is 6.61 Å². The molecular formula is C15H32NO3P. The molecule has 1 atom stereocenters. The second kappa shape index (κ2) is 13.8. The Labute approximate surface area is 125 Å². The summed E-state index contributed by atoms with van der Waals surface area (Å²) in [5, 5.41) is 21.3. The molecule has 120 valence electrons. The maximum atomic E-state index is 11.0. The van der Waals surface area contributed by atoms with Crippen LogP contribution in [0.2, 0.25) is 0 Å². The second-order valence-electron chi connectivity index (χ2n) is 5.31. The summed E-state index contributed by atoms with van der Waals surface area (Å²) in [4.78, 5) is 11.0. The van der Waals surface area contributed by atoms with Crippen molar-refractivity contribution in [1.82, 2.24) is 5.09 Å². The molecule has 0 aliphatic rings. The minimum absolute atomic E-state index is 0.321. The highest BCUT2D eigenvalue weighted by Crippen LogP contribution is 2.34. The first kappa shape index (κ1) is 19.8. The van der Waals surface area contributed by atoms with E-state index in [0.29, 0.717) is 0 Å². The number of aliphatic hydroxyl groups excluding tert-OH is 1. The Morgan fingerprint density at radius 1 is 1.00 bits per heavy atom. The van der Waals surface area contributed by atoms with Gasteiger partial charge in [0.05, 0.1) is 6.61 Å². The zero-order chi connectivity index (χ0) is 15.2. The normalized spacial score (nSPS) is 12.8. The molecule has 0 rings (SSSR count). The summed E-state index contributed by atoms with van der Waals surface area (Å²) in [6.45, 7) is 4.06. The molecule has 0 radical (unpaired) electrons. The number of unbranched alkanes of at least 4 members (excludes halogenated alkanes) is 6. The predicted octanol–water partition coefficient (Wildman–Crippen LogP) is 3.58. The molecule has 0 aliphatic carbocycles. The molecule has 0 aliphatic heterocycles. The van der Waals surface area contributed by atoms with Gasteiger partial charge in [0.2, 0.25) is 0 Å². The number of hydrogen-bond acceptors (Lipinski definition) is 3. The second-order valence-corrected chi connectivity index (χ2v) is 7.54. The fourth-order valence-corrected chi connectivity index (χ4v) is 4.42. The molecule has 0 aromatic rings. The molecule has 20 heavy (non-hydrogen) atoms. The highest BCUT2D eigenvalue weighted by atomic mass is 31.1. The lowest BCUT2D eigenvalue weighted by Crippen LogP contribution is -2.37. The van der Waals surface area contributed by atoms with E-state index >= 15 is 0 Å². The van der Waals surface area contributed by atoms with Crippen LogP contribution in [0.25, 0.3) is 0 Å². The third-order valence-electron chi connectivity index (χ3n) is 3.38. The quantitative estimate of drug-likeness (QED) is 0.339. The van der Waals surface area contributed by atoms with Gasteiger partial charge in [0.1, 0.15) is 6.04 Å². The van der Waals surface area contributed by atoms with Crippen LogP contribution in [0.5, 0.6) is 0 Å². The van der Waals surface area contributed by atoms with Crippen molar-refractivity contribution in [2.75, 3.05) is 18.9 Å². The molecule has 0 heterocycles. The molecule has 0 saturated heterocycles. The van der Waals surface area contributed by atoms with Crippen LogP contribution in [0.15, 0.2) is 0 Å². The van der Waals surface area contributed by atoms with E-state index in [0.717, 1.165) is 25.2 Å². The fraction of sp³-hybridized carbons (Fsp3) is 0.933. The van der Waals surface area contributed by atoms with Crippen molar-refractivity contribution in [3.63, 3.8) is 0 Å². The van der Waals surface area contributed by atoms with Crippen molar-refractivity contribution in [2.45, 2.75) is 71.3 Å². The Bertz CT molecular complexity index is 227. The average Bonchev–Trinajstić information content (AvgIpc) is 2.44.